The number of rotatable bonds is 3. The second-order valence-corrected chi connectivity index (χ2v) is 2.85. The van der Waals surface area contributed by atoms with Crippen molar-refractivity contribution in [3.05, 3.63) is 23.3 Å². The van der Waals surface area contributed by atoms with Crippen molar-refractivity contribution in [1.82, 2.24) is 14.9 Å². The number of halogens is 1. The first-order chi connectivity index (χ1) is 5.75. The third-order valence-corrected chi connectivity index (χ3v) is 1.91. The van der Waals surface area contributed by atoms with Gasteiger partial charge in [-0.25, -0.2) is 4.98 Å². The highest BCUT2D eigenvalue weighted by atomic mass is 35.5. The van der Waals surface area contributed by atoms with Crippen LogP contribution < -0.4 is 5.32 Å². The largest absolute Gasteiger partial charge is 0.319 e. The van der Waals surface area contributed by atoms with Gasteiger partial charge in [-0.05, 0) is 13.1 Å². The van der Waals surface area contributed by atoms with E-state index in [-0.39, 0.29) is 0 Å². The van der Waals surface area contributed by atoms with Gasteiger partial charge >= 0.3 is 0 Å². The summed E-state index contributed by atoms with van der Waals surface area (Å²) in [5, 5.41) is 3.66. The molecule has 66 valence electrons. The van der Waals surface area contributed by atoms with E-state index in [2.05, 4.69) is 10.3 Å². The van der Waals surface area contributed by atoms with Crippen LogP contribution in [0.4, 0.5) is 0 Å². The van der Waals surface area contributed by atoms with Crippen molar-refractivity contribution in [1.29, 1.82) is 0 Å². The molecule has 0 unspecified atom stereocenters. The molecule has 0 bridgehead atoms. The third-order valence-electron chi connectivity index (χ3n) is 1.56. The fraction of sp³-hybridized carbons (Fsp3) is 0.375. The Kier molecular flexibility index (Phi) is 3.31. The van der Waals surface area contributed by atoms with Crippen LogP contribution in [-0.2, 0) is 7.05 Å². The molecule has 0 saturated heterocycles. The van der Waals surface area contributed by atoms with E-state index < -0.39 is 0 Å². The lowest BCUT2D eigenvalue weighted by Gasteiger charge is -1.95. The highest BCUT2D eigenvalue weighted by molar-refractivity contribution is 6.29. The second-order valence-electron chi connectivity index (χ2n) is 2.46. The number of hydrogen-bond donors (Lipinski definition) is 1. The Balaban J connectivity index is 2.69. The van der Waals surface area contributed by atoms with Gasteiger partial charge in [0.2, 0.25) is 0 Å². The Bertz CT molecular complexity index is 278. The van der Waals surface area contributed by atoms with Gasteiger partial charge in [-0.2, -0.15) is 0 Å². The molecule has 0 amide bonds. The smallest absolute Gasteiger partial charge is 0.133 e. The molecule has 0 spiro atoms. The molecule has 0 aliphatic carbocycles. The van der Waals surface area contributed by atoms with Crippen molar-refractivity contribution in [3.8, 4) is 0 Å². The number of aromatic nitrogens is 2. The molecule has 0 aliphatic rings. The molecular weight excluding hydrogens is 174 g/mol. The molecule has 12 heavy (non-hydrogen) atoms. The fourth-order valence-corrected chi connectivity index (χ4v) is 0.974. The summed E-state index contributed by atoms with van der Waals surface area (Å²) in [5.41, 5.74) is 0. The Morgan fingerprint density at radius 2 is 2.50 bits per heavy atom. The van der Waals surface area contributed by atoms with Crippen molar-refractivity contribution in [2.75, 3.05) is 13.6 Å². The zero-order valence-electron chi connectivity index (χ0n) is 7.21. The van der Waals surface area contributed by atoms with Gasteiger partial charge < -0.3 is 9.88 Å². The molecule has 1 N–H and O–H groups in total. The molecule has 0 fully saturated rings. The molecule has 1 aromatic heterocycles. The summed E-state index contributed by atoms with van der Waals surface area (Å²) in [6, 6.07) is 0. The standard InChI is InChI=1S/C8H12ClN3/c1-10-5-3-4-8-11-6-7(9)12(8)2/h3-4,6,10H,5H2,1-2H3/b4-3+. The number of hydrogen-bond acceptors (Lipinski definition) is 2. The summed E-state index contributed by atoms with van der Waals surface area (Å²) >= 11 is 5.79. The lowest BCUT2D eigenvalue weighted by molar-refractivity contribution is 0.892. The van der Waals surface area contributed by atoms with E-state index in [0.29, 0.717) is 5.15 Å². The van der Waals surface area contributed by atoms with Crippen molar-refractivity contribution < 1.29 is 0 Å². The maximum Gasteiger partial charge on any atom is 0.133 e. The fourth-order valence-electron chi connectivity index (χ4n) is 0.839. The van der Waals surface area contributed by atoms with Crippen LogP contribution >= 0.6 is 11.6 Å². The van der Waals surface area contributed by atoms with Crippen LogP contribution in [0.25, 0.3) is 6.08 Å². The first-order valence-corrected chi connectivity index (χ1v) is 4.12. The summed E-state index contributed by atoms with van der Waals surface area (Å²) in [6.07, 6.45) is 5.57. The summed E-state index contributed by atoms with van der Waals surface area (Å²) < 4.78 is 1.83. The summed E-state index contributed by atoms with van der Waals surface area (Å²) in [7, 11) is 3.78. The van der Waals surface area contributed by atoms with Crippen LogP contribution in [0.15, 0.2) is 12.3 Å². The van der Waals surface area contributed by atoms with E-state index in [9.17, 15) is 0 Å². The first kappa shape index (κ1) is 9.29. The first-order valence-electron chi connectivity index (χ1n) is 3.74. The monoisotopic (exact) mass is 185 g/mol. The molecule has 0 atom stereocenters. The molecule has 0 saturated carbocycles. The van der Waals surface area contributed by atoms with Gasteiger partial charge in [0, 0.05) is 13.6 Å². The van der Waals surface area contributed by atoms with E-state index >= 15 is 0 Å². The normalized spacial score (nSPS) is 11.2. The lowest BCUT2D eigenvalue weighted by Crippen LogP contribution is -2.04. The van der Waals surface area contributed by atoms with E-state index in [0.717, 1.165) is 12.4 Å². The second kappa shape index (κ2) is 4.28. The molecule has 1 rings (SSSR count). The zero-order chi connectivity index (χ0) is 8.97. The number of nitrogens with zero attached hydrogens (tertiary/aromatic N) is 2. The minimum absolute atomic E-state index is 0.652. The summed E-state index contributed by atoms with van der Waals surface area (Å²) in [6.45, 7) is 0.838. The SMILES string of the molecule is CNC/C=C/c1ncc(Cl)n1C. The zero-order valence-corrected chi connectivity index (χ0v) is 7.97. The average molecular weight is 186 g/mol. The van der Waals surface area contributed by atoms with Crippen LogP contribution in [0.1, 0.15) is 5.82 Å². The molecule has 0 aliphatic heterocycles. The highest BCUT2D eigenvalue weighted by Gasteiger charge is 1.98. The van der Waals surface area contributed by atoms with Crippen LogP contribution in [0.3, 0.4) is 0 Å². The average Bonchev–Trinajstić information content (AvgIpc) is 2.36. The molecule has 4 heteroatoms. The quantitative estimate of drug-likeness (QED) is 0.770. The minimum atomic E-state index is 0.652. The van der Waals surface area contributed by atoms with Crippen molar-refractivity contribution in [2.45, 2.75) is 0 Å². The molecular formula is C8H12ClN3. The van der Waals surface area contributed by atoms with Gasteiger partial charge in [-0.1, -0.05) is 17.7 Å². The van der Waals surface area contributed by atoms with Crippen LogP contribution in [0, 0.1) is 0 Å². The van der Waals surface area contributed by atoms with Gasteiger partial charge in [-0.3, -0.25) is 0 Å². The highest BCUT2D eigenvalue weighted by Crippen LogP contribution is 2.09. The van der Waals surface area contributed by atoms with Crippen molar-refractivity contribution in [3.63, 3.8) is 0 Å². The molecule has 1 aromatic rings. The predicted octanol–water partition coefficient (Wildman–Crippen LogP) is 1.31. The maximum absolute atomic E-state index is 5.79. The number of nitrogens with one attached hydrogen (secondary N) is 1. The number of likely N-dealkylation sites (N-methyl/N-ethyl adjacent to an activating group) is 1. The molecule has 3 nitrogen and oxygen atoms in total. The number of imidazole rings is 1. The van der Waals surface area contributed by atoms with Gasteiger partial charge in [0.1, 0.15) is 11.0 Å². The van der Waals surface area contributed by atoms with E-state index in [1.165, 1.54) is 0 Å². The van der Waals surface area contributed by atoms with Gasteiger partial charge in [-0.15, -0.1) is 0 Å². The van der Waals surface area contributed by atoms with Gasteiger partial charge in [0.25, 0.3) is 0 Å². The molecule has 0 radical (unpaired) electrons. The maximum atomic E-state index is 5.79. The van der Waals surface area contributed by atoms with Crippen LogP contribution in [0.2, 0.25) is 5.15 Å². The summed E-state index contributed by atoms with van der Waals surface area (Å²) in [5.74, 6) is 0.871. The summed E-state index contributed by atoms with van der Waals surface area (Å²) in [4.78, 5) is 4.10. The topological polar surface area (TPSA) is 29.9 Å². The Morgan fingerprint density at radius 3 is 3.00 bits per heavy atom. The predicted molar refractivity (Wildman–Crippen MR) is 51.2 cm³/mol. The molecule has 0 aromatic carbocycles. The van der Waals surface area contributed by atoms with Gasteiger partial charge in [0.05, 0.1) is 6.20 Å². The van der Waals surface area contributed by atoms with Crippen molar-refractivity contribution in [2.24, 2.45) is 7.05 Å². The van der Waals surface area contributed by atoms with Crippen LogP contribution in [0.5, 0.6) is 0 Å². The minimum Gasteiger partial charge on any atom is -0.319 e. The Labute approximate surface area is 77.1 Å². The lowest BCUT2D eigenvalue weighted by atomic mass is 10.4. The Morgan fingerprint density at radius 1 is 1.75 bits per heavy atom. The van der Waals surface area contributed by atoms with Crippen molar-refractivity contribution >= 4 is 17.7 Å². The third kappa shape index (κ3) is 2.09. The van der Waals surface area contributed by atoms with E-state index in [4.69, 9.17) is 11.6 Å². The molecule has 1 heterocycles. The van der Waals surface area contributed by atoms with Gasteiger partial charge in [0.15, 0.2) is 0 Å². The van der Waals surface area contributed by atoms with E-state index in [1.807, 2.05) is 30.8 Å². The van der Waals surface area contributed by atoms with E-state index in [1.54, 1.807) is 6.20 Å². The van der Waals surface area contributed by atoms with Crippen LogP contribution in [-0.4, -0.2) is 23.1 Å². The Hall–Kier alpha value is -0.800.